The molecule has 0 aromatic rings. The summed E-state index contributed by atoms with van der Waals surface area (Å²) in [7, 11) is 0. The van der Waals surface area contributed by atoms with Crippen LogP contribution in [-0.2, 0) is 14.4 Å². The molecular weight excluding hydrogens is 204 g/mol. The number of amides is 2. The molecule has 0 aromatic heterocycles. The van der Waals surface area contributed by atoms with E-state index in [9.17, 15) is 14.4 Å². The van der Waals surface area contributed by atoms with Crippen LogP contribution in [0.15, 0.2) is 0 Å². The Balaban J connectivity index is 4.29. The first-order chi connectivity index (χ1) is 6.82. The van der Waals surface area contributed by atoms with E-state index < -0.39 is 23.8 Å². The number of rotatable bonds is 7. The summed E-state index contributed by atoms with van der Waals surface area (Å²) in [5.41, 5.74) is 15.0. The molecule has 8 heteroatoms. The summed E-state index contributed by atoms with van der Waals surface area (Å²) < 4.78 is 0. The third kappa shape index (κ3) is 6.41. The molecule has 7 N–H and O–H groups in total. The minimum absolute atomic E-state index is 0.165. The van der Waals surface area contributed by atoms with Gasteiger partial charge in [-0.15, -0.1) is 0 Å². The van der Waals surface area contributed by atoms with Crippen LogP contribution in [0.4, 0.5) is 0 Å². The summed E-state index contributed by atoms with van der Waals surface area (Å²) in [6, 6.07) is -1.19. The first-order valence-electron chi connectivity index (χ1n) is 4.10. The summed E-state index contributed by atoms with van der Waals surface area (Å²) in [6.07, 6.45) is 0. The van der Waals surface area contributed by atoms with Crippen molar-refractivity contribution in [3.8, 4) is 0 Å². The largest absolute Gasteiger partial charge is 0.480 e. The van der Waals surface area contributed by atoms with Gasteiger partial charge >= 0.3 is 5.97 Å². The summed E-state index contributed by atoms with van der Waals surface area (Å²) >= 11 is 0. The van der Waals surface area contributed by atoms with Crippen LogP contribution in [0.1, 0.15) is 0 Å². The van der Waals surface area contributed by atoms with Crippen molar-refractivity contribution in [2.24, 2.45) is 17.2 Å². The Bertz CT molecular complexity index is 252. The Hall–Kier alpha value is -1.67. The third-order valence-corrected chi connectivity index (χ3v) is 1.53. The highest BCUT2D eigenvalue weighted by molar-refractivity contribution is 5.79. The Labute approximate surface area is 86.0 Å². The lowest BCUT2D eigenvalue weighted by Gasteiger charge is -2.20. The highest BCUT2D eigenvalue weighted by atomic mass is 16.4. The predicted molar refractivity (Wildman–Crippen MR) is 50.4 cm³/mol. The minimum atomic E-state index is -1.23. The maximum Gasteiger partial charge on any atom is 0.321 e. The van der Waals surface area contributed by atoms with Crippen LogP contribution in [0.25, 0.3) is 0 Å². The minimum Gasteiger partial charge on any atom is -0.480 e. The van der Waals surface area contributed by atoms with Crippen molar-refractivity contribution in [1.82, 2.24) is 4.90 Å². The van der Waals surface area contributed by atoms with Crippen LogP contribution in [0, 0.1) is 0 Å². The lowest BCUT2D eigenvalue weighted by atomic mass is 10.3. The quantitative estimate of drug-likeness (QED) is 0.350. The molecule has 8 nitrogen and oxygen atoms in total. The van der Waals surface area contributed by atoms with Gasteiger partial charge in [0.15, 0.2) is 0 Å². The average molecular weight is 218 g/mol. The summed E-state index contributed by atoms with van der Waals surface area (Å²) in [5, 5.41) is 8.52. The molecule has 1 unspecified atom stereocenters. The molecule has 0 aliphatic carbocycles. The van der Waals surface area contributed by atoms with Crippen molar-refractivity contribution >= 4 is 17.8 Å². The van der Waals surface area contributed by atoms with Gasteiger partial charge in [-0.05, 0) is 0 Å². The molecule has 0 aliphatic rings. The monoisotopic (exact) mass is 218 g/mol. The lowest BCUT2D eigenvalue weighted by molar-refractivity contribution is -0.139. The summed E-state index contributed by atoms with van der Waals surface area (Å²) in [4.78, 5) is 32.8. The smallest absolute Gasteiger partial charge is 0.321 e. The number of nitrogens with two attached hydrogens (primary N) is 3. The molecule has 1 atom stereocenters. The van der Waals surface area contributed by atoms with Crippen molar-refractivity contribution in [1.29, 1.82) is 0 Å². The molecule has 0 heterocycles. The van der Waals surface area contributed by atoms with Crippen molar-refractivity contribution in [3.63, 3.8) is 0 Å². The van der Waals surface area contributed by atoms with E-state index in [0.29, 0.717) is 0 Å². The van der Waals surface area contributed by atoms with Gasteiger partial charge in [-0.2, -0.15) is 0 Å². The van der Waals surface area contributed by atoms with Crippen molar-refractivity contribution in [2.75, 3.05) is 19.6 Å². The highest BCUT2D eigenvalue weighted by Crippen LogP contribution is 1.90. The van der Waals surface area contributed by atoms with Gasteiger partial charge in [-0.3, -0.25) is 19.3 Å². The van der Waals surface area contributed by atoms with Gasteiger partial charge in [0, 0.05) is 6.54 Å². The number of carboxylic acids is 1. The number of carbonyl (C=O) groups is 3. The van der Waals surface area contributed by atoms with E-state index in [-0.39, 0.29) is 19.6 Å². The molecule has 0 aromatic carbocycles. The Kier molecular flexibility index (Phi) is 5.27. The van der Waals surface area contributed by atoms with Gasteiger partial charge < -0.3 is 22.3 Å². The fourth-order valence-electron chi connectivity index (χ4n) is 0.982. The molecule has 0 radical (unpaired) electrons. The zero-order valence-corrected chi connectivity index (χ0v) is 8.05. The van der Waals surface area contributed by atoms with Crippen LogP contribution < -0.4 is 17.2 Å². The molecule has 15 heavy (non-hydrogen) atoms. The van der Waals surface area contributed by atoms with E-state index in [1.807, 2.05) is 0 Å². The SMILES string of the molecule is NC(=O)CN(CC(N)=O)CC(N)C(=O)O. The van der Waals surface area contributed by atoms with E-state index in [4.69, 9.17) is 22.3 Å². The number of hydrogen-bond acceptors (Lipinski definition) is 5. The molecule has 0 saturated heterocycles. The number of aliphatic carboxylic acids is 1. The van der Waals surface area contributed by atoms with Crippen LogP contribution in [0.2, 0.25) is 0 Å². The van der Waals surface area contributed by atoms with E-state index in [1.165, 1.54) is 4.90 Å². The fourth-order valence-corrected chi connectivity index (χ4v) is 0.982. The normalized spacial score (nSPS) is 12.4. The number of carboxylic acid groups (broad SMARTS) is 1. The first kappa shape index (κ1) is 13.3. The number of nitrogens with zero attached hydrogens (tertiary/aromatic N) is 1. The fraction of sp³-hybridized carbons (Fsp3) is 0.571. The molecule has 0 rings (SSSR count). The van der Waals surface area contributed by atoms with Gasteiger partial charge in [0.1, 0.15) is 6.04 Å². The second-order valence-corrected chi connectivity index (χ2v) is 3.05. The Morgan fingerprint density at radius 3 is 1.80 bits per heavy atom. The lowest BCUT2D eigenvalue weighted by Crippen LogP contribution is -2.48. The van der Waals surface area contributed by atoms with Gasteiger partial charge in [-0.25, -0.2) is 0 Å². The van der Waals surface area contributed by atoms with Crippen molar-refractivity contribution in [3.05, 3.63) is 0 Å². The van der Waals surface area contributed by atoms with Crippen LogP contribution >= 0.6 is 0 Å². The Morgan fingerprint density at radius 1 is 1.13 bits per heavy atom. The predicted octanol–water partition coefficient (Wildman–Crippen LogP) is -3.33. The van der Waals surface area contributed by atoms with Gasteiger partial charge in [0.05, 0.1) is 13.1 Å². The van der Waals surface area contributed by atoms with E-state index in [0.717, 1.165) is 0 Å². The molecule has 0 bridgehead atoms. The Morgan fingerprint density at radius 2 is 1.53 bits per heavy atom. The van der Waals surface area contributed by atoms with Crippen molar-refractivity contribution < 1.29 is 19.5 Å². The van der Waals surface area contributed by atoms with Crippen LogP contribution in [0.5, 0.6) is 0 Å². The number of hydrogen-bond donors (Lipinski definition) is 4. The number of primary amides is 2. The van der Waals surface area contributed by atoms with Crippen LogP contribution in [-0.4, -0.2) is 53.5 Å². The first-order valence-corrected chi connectivity index (χ1v) is 4.10. The number of carbonyl (C=O) groups excluding carboxylic acids is 2. The maximum absolute atomic E-state index is 10.6. The summed E-state index contributed by atoms with van der Waals surface area (Å²) in [5.74, 6) is -2.60. The molecule has 0 saturated carbocycles. The standard InChI is InChI=1S/C7H14N4O4/c8-4(7(14)15)1-11(2-5(9)12)3-6(10)13/h4H,1-3,8H2,(H2,9,12)(H2,10,13)(H,14,15). The molecule has 2 amide bonds. The van der Waals surface area contributed by atoms with Crippen LogP contribution in [0.3, 0.4) is 0 Å². The third-order valence-electron chi connectivity index (χ3n) is 1.53. The van der Waals surface area contributed by atoms with Crippen molar-refractivity contribution in [2.45, 2.75) is 6.04 Å². The topological polar surface area (TPSA) is 153 Å². The second-order valence-electron chi connectivity index (χ2n) is 3.05. The summed E-state index contributed by atoms with van der Waals surface area (Å²) in [6.45, 7) is -0.685. The molecule has 86 valence electrons. The van der Waals surface area contributed by atoms with Gasteiger partial charge in [-0.1, -0.05) is 0 Å². The zero-order valence-electron chi connectivity index (χ0n) is 8.05. The van der Waals surface area contributed by atoms with Gasteiger partial charge in [0.25, 0.3) is 0 Å². The highest BCUT2D eigenvalue weighted by Gasteiger charge is 2.19. The molecule has 0 spiro atoms. The molecule has 0 aliphatic heterocycles. The average Bonchev–Trinajstić information content (AvgIpc) is 2.00. The molecular formula is C7H14N4O4. The maximum atomic E-state index is 10.6. The zero-order chi connectivity index (χ0) is 12.0. The van der Waals surface area contributed by atoms with E-state index >= 15 is 0 Å². The van der Waals surface area contributed by atoms with E-state index in [1.54, 1.807) is 0 Å². The van der Waals surface area contributed by atoms with Gasteiger partial charge in [0.2, 0.25) is 11.8 Å². The second kappa shape index (κ2) is 5.94. The molecule has 0 fully saturated rings. The van der Waals surface area contributed by atoms with E-state index in [2.05, 4.69) is 0 Å².